The molecule has 19 heavy (non-hydrogen) atoms. The molecule has 1 rings (SSSR count). The number of carbonyl (C=O) groups excluding carboxylic acids is 1. The van der Waals surface area contributed by atoms with Crippen molar-refractivity contribution in [3.05, 3.63) is 0 Å². The van der Waals surface area contributed by atoms with E-state index >= 15 is 0 Å². The molecule has 1 aliphatic carbocycles. The van der Waals surface area contributed by atoms with Crippen LogP contribution < -0.4 is 11.1 Å². The molecule has 0 spiro atoms. The molecule has 1 saturated carbocycles. The number of nitrogens with two attached hydrogens (primary N) is 1. The summed E-state index contributed by atoms with van der Waals surface area (Å²) in [5.74, 6) is 1.57. The maximum Gasteiger partial charge on any atom is 0.221 e. The fraction of sp³-hybridized carbons (Fsp3) is 0.933. The molecular weight excluding hydrogens is 238 g/mol. The van der Waals surface area contributed by atoms with Crippen molar-refractivity contribution >= 4 is 5.91 Å². The summed E-state index contributed by atoms with van der Waals surface area (Å²) in [4.78, 5) is 13.7. The Balaban J connectivity index is 2.51. The minimum Gasteiger partial charge on any atom is -0.359 e. The monoisotopic (exact) mass is 269 g/mol. The summed E-state index contributed by atoms with van der Waals surface area (Å²) in [5, 5.41) is 2.69. The van der Waals surface area contributed by atoms with E-state index in [1.165, 1.54) is 32.1 Å². The summed E-state index contributed by atoms with van der Waals surface area (Å²) < 4.78 is 0. The van der Waals surface area contributed by atoms with Gasteiger partial charge in [0, 0.05) is 26.1 Å². The number of amides is 1. The van der Waals surface area contributed by atoms with E-state index in [-0.39, 0.29) is 5.91 Å². The van der Waals surface area contributed by atoms with Gasteiger partial charge in [-0.3, -0.25) is 4.79 Å². The molecular formula is C15H31N3O. The van der Waals surface area contributed by atoms with E-state index in [1.54, 1.807) is 7.05 Å². The quantitative estimate of drug-likeness (QED) is 0.738. The molecule has 3 unspecified atom stereocenters. The van der Waals surface area contributed by atoms with Gasteiger partial charge in [0.2, 0.25) is 5.91 Å². The standard InChI is InChI=1S/C15H31N3O/c1-4-5-12-6-7-13(11-16)14(10-12)18(3)9-8-15(19)17-2/h12-14H,4-11,16H2,1-3H3,(H,17,19). The molecule has 3 atom stereocenters. The number of carbonyl (C=O) groups is 1. The summed E-state index contributed by atoms with van der Waals surface area (Å²) >= 11 is 0. The molecule has 0 aliphatic heterocycles. The van der Waals surface area contributed by atoms with Crippen LogP contribution in [0, 0.1) is 11.8 Å². The Morgan fingerprint density at radius 1 is 1.42 bits per heavy atom. The lowest BCUT2D eigenvalue weighted by Gasteiger charge is -2.41. The van der Waals surface area contributed by atoms with E-state index in [0.29, 0.717) is 18.4 Å². The van der Waals surface area contributed by atoms with Gasteiger partial charge in [-0.25, -0.2) is 0 Å². The van der Waals surface area contributed by atoms with Crippen molar-refractivity contribution in [3.63, 3.8) is 0 Å². The number of nitrogens with one attached hydrogen (secondary N) is 1. The van der Waals surface area contributed by atoms with Crippen molar-refractivity contribution < 1.29 is 4.79 Å². The number of rotatable bonds is 7. The zero-order chi connectivity index (χ0) is 14.3. The van der Waals surface area contributed by atoms with Gasteiger partial charge in [-0.2, -0.15) is 0 Å². The van der Waals surface area contributed by atoms with Gasteiger partial charge in [0.15, 0.2) is 0 Å². The predicted octanol–water partition coefficient (Wildman–Crippen LogP) is 1.60. The van der Waals surface area contributed by atoms with Crippen LogP contribution in [0.2, 0.25) is 0 Å². The van der Waals surface area contributed by atoms with Crippen LogP contribution in [0.3, 0.4) is 0 Å². The van der Waals surface area contributed by atoms with Gasteiger partial charge in [0.05, 0.1) is 0 Å². The average molecular weight is 269 g/mol. The first-order valence-corrected chi connectivity index (χ1v) is 7.73. The first-order chi connectivity index (χ1) is 9.12. The third kappa shape index (κ3) is 5.11. The second-order valence-electron chi connectivity index (χ2n) is 5.93. The summed E-state index contributed by atoms with van der Waals surface area (Å²) in [6.45, 7) is 3.87. The summed E-state index contributed by atoms with van der Waals surface area (Å²) in [7, 11) is 3.84. The molecule has 0 bridgehead atoms. The molecule has 4 heteroatoms. The molecule has 1 amide bonds. The smallest absolute Gasteiger partial charge is 0.221 e. The largest absolute Gasteiger partial charge is 0.359 e. The van der Waals surface area contributed by atoms with Gasteiger partial charge in [0.1, 0.15) is 0 Å². The predicted molar refractivity (Wildman–Crippen MR) is 79.9 cm³/mol. The van der Waals surface area contributed by atoms with Gasteiger partial charge in [-0.15, -0.1) is 0 Å². The molecule has 0 aromatic rings. The molecule has 3 N–H and O–H groups in total. The SMILES string of the molecule is CCCC1CCC(CN)C(N(C)CCC(=O)NC)C1. The molecule has 0 saturated heterocycles. The Hall–Kier alpha value is -0.610. The lowest BCUT2D eigenvalue weighted by Crippen LogP contribution is -2.46. The van der Waals surface area contributed by atoms with E-state index in [2.05, 4.69) is 24.2 Å². The lowest BCUT2D eigenvalue weighted by atomic mass is 9.76. The fourth-order valence-electron chi connectivity index (χ4n) is 3.35. The zero-order valence-electron chi connectivity index (χ0n) is 12.8. The van der Waals surface area contributed by atoms with E-state index in [9.17, 15) is 4.79 Å². The molecule has 0 aromatic carbocycles. The number of hydrogen-bond donors (Lipinski definition) is 2. The fourth-order valence-corrected chi connectivity index (χ4v) is 3.35. The lowest BCUT2D eigenvalue weighted by molar-refractivity contribution is -0.121. The zero-order valence-corrected chi connectivity index (χ0v) is 12.8. The highest BCUT2D eigenvalue weighted by atomic mass is 16.1. The summed E-state index contributed by atoms with van der Waals surface area (Å²) in [6, 6.07) is 0.556. The third-order valence-electron chi connectivity index (χ3n) is 4.60. The second-order valence-corrected chi connectivity index (χ2v) is 5.93. The van der Waals surface area contributed by atoms with Crippen LogP contribution in [0.4, 0.5) is 0 Å². The Bertz CT molecular complexity index is 270. The van der Waals surface area contributed by atoms with Gasteiger partial charge < -0.3 is 16.0 Å². The van der Waals surface area contributed by atoms with Crippen molar-refractivity contribution in [2.75, 3.05) is 27.2 Å². The van der Waals surface area contributed by atoms with E-state index in [4.69, 9.17) is 5.73 Å². The molecule has 0 aromatic heterocycles. The Kier molecular flexibility index (Phi) is 7.39. The minimum absolute atomic E-state index is 0.122. The van der Waals surface area contributed by atoms with Crippen LogP contribution in [0.25, 0.3) is 0 Å². The molecule has 1 fully saturated rings. The summed E-state index contributed by atoms with van der Waals surface area (Å²) in [5.41, 5.74) is 5.93. The van der Waals surface area contributed by atoms with Crippen LogP contribution >= 0.6 is 0 Å². The van der Waals surface area contributed by atoms with E-state index < -0.39 is 0 Å². The first-order valence-electron chi connectivity index (χ1n) is 7.73. The maximum atomic E-state index is 11.4. The van der Waals surface area contributed by atoms with Crippen LogP contribution in [0.1, 0.15) is 45.4 Å². The van der Waals surface area contributed by atoms with Crippen molar-refractivity contribution in [2.45, 2.75) is 51.5 Å². The van der Waals surface area contributed by atoms with Gasteiger partial charge in [-0.1, -0.05) is 26.2 Å². The molecule has 1 aliphatic rings. The van der Waals surface area contributed by atoms with Crippen LogP contribution in [0.15, 0.2) is 0 Å². The van der Waals surface area contributed by atoms with Crippen molar-refractivity contribution in [1.29, 1.82) is 0 Å². The first kappa shape index (κ1) is 16.4. The van der Waals surface area contributed by atoms with Gasteiger partial charge >= 0.3 is 0 Å². The van der Waals surface area contributed by atoms with Crippen LogP contribution in [0.5, 0.6) is 0 Å². The van der Waals surface area contributed by atoms with Crippen molar-refractivity contribution in [1.82, 2.24) is 10.2 Å². The highest BCUT2D eigenvalue weighted by molar-refractivity contribution is 5.75. The van der Waals surface area contributed by atoms with Gasteiger partial charge in [0.25, 0.3) is 0 Å². The molecule has 4 nitrogen and oxygen atoms in total. The highest BCUT2D eigenvalue weighted by Gasteiger charge is 2.31. The Morgan fingerprint density at radius 2 is 2.16 bits per heavy atom. The van der Waals surface area contributed by atoms with Crippen LogP contribution in [-0.2, 0) is 4.79 Å². The normalized spacial score (nSPS) is 27.5. The highest BCUT2D eigenvalue weighted by Crippen LogP contribution is 2.33. The Morgan fingerprint density at radius 3 is 2.74 bits per heavy atom. The maximum absolute atomic E-state index is 11.4. The summed E-state index contributed by atoms with van der Waals surface area (Å²) in [6.07, 6.45) is 7.01. The third-order valence-corrected chi connectivity index (χ3v) is 4.60. The number of hydrogen-bond acceptors (Lipinski definition) is 3. The minimum atomic E-state index is 0.122. The van der Waals surface area contributed by atoms with Gasteiger partial charge in [-0.05, 0) is 38.3 Å². The van der Waals surface area contributed by atoms with E-state index in [1.807, 2.05) is 0 Å². The molecule has 112 valence electrons. The second kappa shape index (κ2) is 8.54. The molecule has 0 heterocycles. The topological polar surface area (TPSA) is 58.4 Å². The van der Waals surface area contributed by atoms with Crippen molar-refractivity contribution in [2.24, 2.45) is 17.6 Å². The molecule has 0 radical (unpaired) electrons. The number of nitrogens with zero attached hydrogens (tertiary/aromatic N) is 1. The van der Waals surface area contributed by atoms with Crippen molar-refractivity contribution in [3.8, 4) is 0 Å². The van der Waals surface area contributed by atoms with Crippen LogP contribution in [-0.4, -0.2) is 44.0 Å². The average Bonchev–Trinajstić information content (AvgIpc) is 2.44. The van der Waals surface area contributed by atoms with E-state index in [0.717, 1.165) is 19.0 Å². The Labute approximate surface area is 118 Å².